The van der Waals surface area contributed by atoms with Crippen LogP contribution in [0.15, 0.2) is 66.7 Å². The highest BCUT2D eigenvalue weighted by Gasteiger charge is 2.33. The number of hydroxylamine groups is 1. The molecule has 5 N–H and O–H groups in total. The Kier molecular flexibility index (Phi) is 7.12. The van der Waals surface area contributed by atoms with E-state index in [0.29, 0.717) is 41.8 Å². The van der Waals surface area contributed by atoms with E-state index in [2.05, 4.69) is 5.32 Å². The lowest BCUT2D eigenvalue weighted by Crippen LogP contribution is -2.43. The van der Waals surface area contributed by atoms with Crippen LogP contribution in [0, 0.1) is 6.92 Å². The van der Waals surface area contributed by atoms with Crippen LogP contribution in [0.1, 0.15) is 49.5 Å². The fraction of sp³-hybridized carbons (Fsp3) is 0.185. The summed E-state index contributed by atoms with van der Waals surface area (Å²) >= 11 is 0. The van der Waals surface area contributed by atoms with Gasteiger partial charge in [0.15, 0.2) is 0 Å². The van der Waals surface area contributed by atoms with E-state index in [-0.39, 0.29) is 22.9 Å². The standard InChI is InChI=1S/C27H26N4O5/c1-16-4-6-18(7-5-16)25(33)29-22-14-20(17-8-10-19(11-9-17)26(34)30-36)13-21(15-22)27(35)31-12-2-3-23(31)24(28)32/h4-11,13-15,23,36H,2-3,12H2,1H3,(H2,28,32)(H,29,33)(H,30,34). The van der Waals surface area contributed by atoms with E-state index in [1.165, 1.54) is 17.0 Å². The van der Waals surface area contributed by atoms with Gasteiger partial charge >= 0.3 is 0 Å². The lowest BCUT2D eigenvalue weighted by Gasteiger charge is -2.23. The summed E-state index contributed by atoms with van der Waals surface area (Å²) in [4.78, 5) is 51.3. The van der Waals surface area contributed by atoms with Crippen LogP contribution >= 0.6 is 0 Å². The Hall–Kier alpha value is -4.50. The number of hydrogen-bond acceptors (Lipinski definition) is 5. The maximum atomic E-state index is 13.4. The molecule has 0 saturated carbocycles. The SMILES string of the molecule is Cc1ccc(C(=O)Nc2cc(C(=O)N3CCCC3C(N)=O)cc(-c3ccc(C(=O)NO)cc3)c2)cc1. The molecule has 4 rings (SSSR count). The average molecular weight is 487 g/mol. The quantitative estimate of drug-likeness (QED) is 0.313. The number of carbonyl (C=O) groups excluding carboxylic acids is 4. The monoisotopic (exact) mass is 486 g/mol. The van der Waals surface area contributed by atoms with Crippen molar-refractivity contribution in [3.05, 3.63) is 89.0 Å². The molecule has 9 nitrogen and oxygen atoms in total. The minimum atomic E-state index is -0.678. The van der Waals surface area contributed by atoms with Gasteiger partial charge in [-0.2, -0.15) is 0 Å². The molecular formula is C27H26N4O5. The molecule has 0 spiro atoms. The number of carbonyl (C=O) groups is 4. The van der Waals surface area contributed by atoms with E-state index in [1.54, 1.807) is 47.9 Å². The maximum Gasteiger partial charge on any atom is 0.274 e. The van der Waals surface area contributed by atoms with E-state index < -0.39 is 17.9 Å². The highest BCUT2D eigenvalue weighted by molar-refractivity contribution is 6.06. The van der Waals surface area contributed by atoms with Crippen LogP contribution < -0.4 is 16.5 Å². The molecule has 9 heteroatoms. The number of amides is 4. The fourth-order valence-corrected chi connectivity index (χ4v) is 4.25. The number of anilines is 1. The Balaban J connectivity index is 1.71. The van der Waals surface area contributed by atoms with Crippen molar-refractivity contribution in [1.29, 1.82) is 0 Å². The Morgan fingerprint density at radius 3 is 2.14 bits per heavy atom. The smallest absolute Gasteiger partial charge is 0.274 e. The summed E-state index contributed by atoms with van der Waals surface area (Å²) < 4.78 is 0. The summed E-state index contributed by atoms with van der Waals surface area (Å²) in [5, 5.41) is 11.7. The topological polar surface area (TPSA) is 142 Å². The fourth-order valence-electron chi connectivity index (χ4n) is 4.25. The number of benzene rings is 3. The molecule has 1 unspecified atom stereocenters. The molecule has 1 heterocycles. The molecule has 1 aliphatic heterocycles. The van der Waals surface area contributed by atoms with Crippen molar-refractivity contribution in [3.8, 4) is 11.1 Å². The summed E-state index contributed by atoms with van der Waals surface area (Å²) in [6, 6.07) is 17.8. The highest BCUT2D eigenvalue weighted by atomic mass is 16.5. The zero-order valence-electron chi connectivity index (χ0n) is 19.7. The summed E-state index contributed by atoms with van der Waals surface area (Å²) in [5.41, 5.74) is 10.8. The number of nitrogens with zero attached hydrogens (tertiary/aromatic N) is 1. The molecule has 0 radical (unpaired) electrons. The Morgan fingerprint density at radius 2 is 1.50 bits per heavy atom. The van der Waals surface area contributed by atoms with Crippen LogP contribution in [0.2, 0.25) is 0 Å². The van der Waals surface area contributed by atoms with Crippen LogP contribution in [0.5, 0.6) is 0 Å². The lowest BCUT2D eigenvalue weighted by molar-refractivity contribution is -0.121. The average Bonchev–Trinajstić information content (AvgIpc) is 3.38. The van der Waals surface area contributed by atoms with Crippen molar-refractivity contribution in [2.24, 2.45) is 5.73 Å². The normalized spacial score (nSPS) is 14.8. The first kappa shape index (κ1) is 24.6. The van der Waals surface area contributed by atoms with Gasteiger partial charge in [-0.25, -0.2) is 5.48 Å². The van der Waals surface area contributed by atoms with Crippen molar-refractivity contribution in [2.75, 3.05) is 11.9 Å². The second-order valence-corrected chi connectivity index (χ2v) is 8.70. The van der Waals surface area contributed by atoms with Crippen molar-refractivity contribution in [1.82, 2.24) is 10.4 Å². The zero-order valence-corrected chi connectivity index (χ0v) is 19.7. The van der Waals surface area contributed by atoms with Crippen LogP contribution in [-0.2, 0) is 4.79 Å². The molecule has 184 valence electrons. The Morgan fingerprint density at radius 1 is 0.861 bits per heavy atom. The van der Waals surface area contributed by atoms with Crippen LogP contribution in [0.4, 0.5) is 5.69 Å². The van der Waals surface area contributed by atoms with Crippen LogP contribution in [0.25, 0.3) is 11.1 Å². The minimum absolute atomic E-state index is 0.253. The van der Waals surface area contributed by atoms with Crippen molar-refractivity contribution in [3.63, 3.8) is 0 Å². The van der Waals surface area contributed by atoms with E-state index in [0.717, 1.165) is 5.56 Å². The molecule has 3 aromatic carbocycles. The predicted molar refractivity (Wildman–Crippen MR) is 134 cm³/mol. The molecule has 1 aliphatic rings. The molecule has 0 aromatic heterocycles. The van der Waals surface area contributed by atoms with Crippen molar-refractivity contribution in [2.45, 2.75) is 25.8 Å². The van der Waals surface area contributed by atoms with E-state index in [9.17, 15) is 19.2 Å². The number of likely N-dealkylation sites (tertiary alicyclic amines) is 1. The molecule has 1 saturated heterocycles. The van der Waals surface area contributed by atoms with Gasteiger partial charge in [0.2, 0.25) is 5.91 Å². The first-order valence-electron chi connectivity index (χ1n) is 11.4. The van der Waals surface area contributed by atoms with Gasteiger partial charge in [-0.05, 0) is 73.4 Å². The van der Waals surface area contributed by atoms with Crippen LogP contribution in [-0.4, -0.2) is 46.3 Å². The number of nitrogens with two attached hydrogens (primary N) is 1. The summed E-state index contributed by atoms with van der Waals surface area (Å²) in [5.74, 6) is -1.90. The maximum absolute atomic E-state index is 13.4. The number of aryl methyl sites for hydroxylation is 1. The zero-order chi connectivity index (χ0) is 25.8. The third-order valence-corrected chi connectivity index (χ3v) is 6.18. The van der Waals surface area contributed by atoms with E-state index in [1.807, 2.05) is 19.1 Å². The van der Waals surface area contributed by atoms with Crippen LogP contribution in [0.3, 0.4) is 0 Å². The molecule has 0 bridgehead atoms. The van der Waals surface area contributed by atoms with Gasteiger partial charge < -0.3 is 16.0 Å². The molecule has 0 aliphatic carbocycles. The Bertz CT molecular complexity index is 1320. The number of primary amides is 1. The third kappa shape index (κ3) is 5.26. The van der Waals surface area contributed by atoms with Crippen molar-refractivity contribution < 1.29 is 24.4 Å². The van der Waals surface area contributed by atoms with Gasteiger partial charge in [-0.15, -0.1) is 0 Å². The Labute approximate surface area is 207 Å². The molecule has 1 atom stereocenters. The second kappa shape index (κ2) is 10.4. The molecule has 4 amide bonds. The number of rotatable bonds is 6. The number of nitrogens with one attached hydrogen (secondary N) is 2. The summed E-state index contributed by atoms with van der Waals surface area (Å²) in [7, 11) is 0. The molecule has 1 fully saturated rings. The first-order valence-corrected chi connectivity index (χ1v) is 11.4. The number of hydrogen-bond donors (Lipinski definition) is 4. The summed E-state index contributed by atoms with van der Waals surface area (Å²) in [6.07, 6.45) is 1.18. The van der Waals surface area contributed by atoms with Gasteiger partial charge in [-0.1, -0.05) is 29.8 Å². The highest BCUT2D eigenvalue weighted by Crippen LogP contribution is 2.28. The van der Waals surface area contributed by atoms with Gasteiger partial charge in [0, 0.05) is 28.9 Å². The predicted octanol–water partition coefficient (Wildman–Crippen LogP) is 3.12. The van der Waals surface area contributed by atoms with E-state index in [4.69, 9.17) is 10.9 Å². The molecule has 3 aromatic rings. The van der Waals surface area contributed by atoms with Gasteiger partial charge in [0.1, 0.15) is 6.04 Å². The van der Waals surface area contributed by atoms with Gasteiger partial charge in [0.25, 0.3) is 17.7 Å². The minimum Gasteiger partial charge on any atom is -0.368 e. The van der Waals surface area contributed by atoms with Gasteiger partial charge in [0.05, 0.1) is 0 Å². The first-order chi connectivity index (χ1) is 17.3. The van der Waals surface area contributed by atoms with Gasteiger partial charge in [-0.3, -0.25) is 24.4 Å². The third-order valence-electron chi connectivity index (χ3n) is 6.18. The van der Waals surface area contributed by atoms with Crippen molar-refractivity contribution >= 4 is 29.3 Å². The largest absolute Gasteiger partial charge is 0.368 e. The molecular weight excluding hydrogens is 460 g/mol. The lowest BCUT2D eigenvalue weighted by atomic mass is 9.99. The van der Waals surface area contributed by atoms with E-state index >= 15 is 0 Å². The second-order valence-electron chi connectivity index (χ2n) is 8.70. The summed E-state index contributed by atoms with van der Waals surface area (Å²) in [6.45, 7) is 2.34. The molecule has 36 heavy (non-hydrogen) atoms.